The summed E-state index contributed by atoms with van der Waals surface area (Å²) in [5.74, 6) is -1.52. The first-order valence-corrected chi connectivity index (χ1v) is 10.2. The van der Waals surface area contributed by atoms with Gasteiger partial charge in [0.1, 0.15) is 15.9 Å². The molecule has 0 unspecified atom stereocenters. The third-order valence-corrected chi connectivity index (χ3v) is 6.37. The maximum atomic E-state index is 12.8. The molecule has 0 saturated carbocycles. The quantitative estimate of drug-likeness (QED) is 0.590. The molecule has 0 saturated heterocycles. The van der Waals surface area contributed by atoms with Crippen LogP contribution in [0.5, 0.6) is 0 Å². The summed E-state index contributed by atoms with van der Waals surface area (Å²) < 4.78 is 34.6. The highest BCUT2D eigenvalue weighted by Gasteiger charge is 2.26. The second-order valence-corrected chi connectivity index (χ2v) is 8.47. The van der Waals surface area contributed by atoms with E-state index in [2.05, 4.69) is 14.1 Å². The SMILES string of the molecule is CN(CC(=O)NCc1ccc(C(=O)O)cc1)S(=O)(=O)c1cccc2nsnc12. The predicted octanol–water partition coefficient (Wildman–Crippen LogP) is 1.33. The van der Waals surface area contributed by atoms with E-state index in [1.807, 2.05) is 0 Å². The van der Waals surface area contributed by atoms with Crippen molar-refractivity contribution in [1.82, 2.24) is 18.4 Å². The van der Waals surface area contributed by atoms with E-state index in [0.29, 0.717) is 11.1 Å². The molecule has 0 aliphatic heterocycles. The molecule has 146 valence electrons. The summed E-state index contributed by atoms with van der Waals surface area (Å²) in [6.45, 7) is -0.221. The van der Waals surface area contributed by atoms with Crippen LogP contribution in [0.15, 0.2) is 47.4 Å². The minimum absolute atomic E-state index is 0.00157. The van der Waals surface area contributed by atoms with Gasteiger partial charge in [0, 0.05) is 13.6 Å². The number of benzene rings is 2. The first-order chi connectivity index (χ1) is 13.3. The molecule has 0 bridgehead atoms. The monoisotopic (exact) mass is 420 g/mol. The Labute approximate surface area is 165 Å². The van der Waals surface area contributed by atoms with E-state index in [4.69, 9.17) is 5.11 Å². The van der Waals surface area contributed by atoms with Crippen molar-refractivity contribution in [1.29, 1.82) is 0 Å². The van der Waals surface area contributed by atoms with Crippen molar-refractivity contribution in [3.8, 4) is 0 Å². The summed E-state index contributed by atoms with van der Waals surface area (Å²) in [5.41, 5.74) is 1.60. The first-order valence-electron chi connectivity index (χ1n) is 8.05. The van der Waals surface area contributed by atoms with E-state index in [0.717, 1.165) is 16.0 Å². The van der Waals surface area contributed by atoms with E-state index in [9.17, 15) is 18.0 Å². The standard InChI is InChI=1S/C17H16N4O5S2/c1-21(28(25,26)14-4-2-3-13-16(14)20-27-19-13)10-15(22)18-9-11-5-7-12(8-6-11)17(23)24/h2-8H,9-10H2,1H3,(H,18,22)(H,23,24). The van der Waals surface area contributed by atoms with Crippen LogP contribution in [0.2, 0.25) is 0 Å². The maximum Gasteiger partial charge on any atom is 0.335 e. The highest BCUT2D eigenvalue weighted by Crippen LogP contribution is 2.23. The maximum absolute atomic E-state index is 12.8. The highest BCUT2D eigenvalue weighted by atomic mass is 32.2. The number of carbonyl (C=O) groups is 2. The average molecular weight is 420 g/mol. The summed E-state index contributed by atoms with van der Waals surface area (Å²) in [6.07, 6.45) is 0. The van der Waals surface area contributed by atoms with Crippen LogP contribution in [-0.2, 0) is 21.4 Å². The Kier molecular flexibility index (Phi) is 5.68. The van der Waals surface area contributed by atoms with Gasteiger partial charge < -0.3 is 10.4 Å². The molecule has 2 aromatic carbocycles. The third kappa shape index (κ3) is 4.16. The van der Waals surface area contributed by atoms with Crippen molar-refractivity contribution in [2.45, 2.75) is 11.4 Å². The van der Waals surface area contributed by atoms with Crippen LogP contribution < -0.4 is 5.32 Å². The molecule has 0 fully saturated rings. The lowest BCUT2D eigenvalue weighted by Gasteiger charge is -2.17. The normalized spacial score (nSPS) is 11.6. The van der Waals surface area contributed by atoms with Crippen molar-refractivity contribution in [3.05, 3.63) is 53.6 Å². The number of carbonyl (C=O) groups excluding carboxylic acids is 1. The molecular formula is C17H16N4O5S2. The molecule has 1 aromatic heterocycles. The molecule has 3 rings (SSSR count). The zero-order chi connectivity index (χ0) is 20.3. The molecule has 0 radical (unpaired) electrons. The van der Waals surface area contributed by atoms with Crippen molar-refractivity contribution in [3.63, 3.8) is 0 Å². The van der Waals surface area contributed by atoms with Crippen molar-refractivity contribution in [2.24, 2.45) is 0 Å². The fourth-order valence-electron chi connectivity index (χ4n) is 2.47. The first kappa shape index (κ1) is 19.9. The van der Waals surface area contributed by atoms with Gasteiger partial charge in [-0.2, -0.15) is 13.1 Å². The number of nitrogens with zero attached hydrogens (tertiary/aromatic N) is 3. The van der Waals surface area contributed by atoms with Gasteiger partial charge in [-0.3, -0.25) is 4.79 Å². The zero-order valence-corrected chi connectivity index (χ0v) is 16.3. The number of carboxylic acids is 1. The molecule has 0 aliphatic carbocycles. The van der Waals surface area contributed by atoms with Gasteiger partial charge >= 0.3 is 5.97 Å². The summed E-state index contributed by atoms with van der Waals surface area (Å²) in [4.78, 5) is 23.0. The third-order valence-electron chi connectivity index (χ3n) is 3.99. The second-order valence-electron chi connectivity index (χ2n) is 5.93. The molecule has 9 nitrogen and oxygen atoms in total. The van der Waals surface area contributed by atoms with Gasteiger partial charge in [0.05, 0.1) is 23.8 Å². The minimum atomic E-state index is -3.92. The molecule has 1 heterocycles. The Bertz CT molecular complexity index is 1130. The van der Waals surface area contributed by atoms with Crippen molar-refractivity contribution < 1.29 is 23.1 Å². The van der Waals surface area contributed by atoms with Crippen LogP contribution >= 0.6 is 11.7 Å². The number of likely N-dealkylation sites (N-methyl/N-ethyl adjacent to an activating group) is 1. The van der Waals surface area contributed by atoms with Gasteiger partial charge in [-0.1, -0.05) is 18.2 Å². The number of fused-ring (bicyclic) bond motifs is 1. The topological polar surface area (TPSA) is 130 Å². The van der Waals surface area contributed by atoms with Gasteiger partial charge in [-0.05, 0) is 29.8 Å². The lowest BCUT2D eigenvalue weighted by atomic mass is 10.1. The number of aromatic nitrogens is 2. The number of carboxylic acid groups (broad SMARTS) is 1. The van der Waals surface area contributed by atoms with E-state index < -0.39 is 21.9 Å². The Balaban J connectivity index is 1.65. The fraction of sp³-hybridized carbons (Fsp3) is 0.176. The molecule has 28 heavy (non-hydrogen) atoms. The van der Waals surface area contributed by atoms with Crippen LogP contribution in [0.4, 0.5) is 0 Å². The van der Waals surface area contributed by atoms with Crippen LogP contribution in [-0.4, -0.2) is 52.0 Å². The predicted molar refractivity (Wildman–Crippen MR) is 102 cm³/mol. The molecule has 11 heteroatoms. The lowest BCUT2D eigenvalue weighted by Crippen LogP contribution is -2.38. The summed E-state index contributed by atoms with van der Waals surface area (Å²) >= 11 is 0.918. The van der Waals surface area contributed by atoms with Gasteiger partial charge in [0.2, 0.25) is 15.9 Å². The number of hydrogen-bond acceptors (Lipinski definition) is 7. The molecule has 1 amide bonds. The number of aromatic carboxylic acids is 1. The molecular weight excluding hydrogens is 404 g/mol. The van der Waals surface area contributed by atoms with Crippen molar-refractivity contribution in [2.75, 3.05) is 13.6 Å². The second kappa shape index (κ2) is 8.00. The van der Waals surface area contributed by atoms with E-state index in [-0.39, 0.29) is 29.1 Å². The number of sulfonamides is 1. The van der Waals surface area contributed by atoms with Gasteiger partial charge in [-0.15, -0.1) is 0 Å². The Morgan fingerprint density at radius 2 is 1.86 bits per heavy atom. The summed E-state index contributed by atoms with van der Waals surface area (Å²) in [5, 5.41) is 11.5. The van der Waals surface area contributed by atoms with Gasteiger partial charge in [-0.25, -0.2) is 13.2 Å². The van der Waals surface area contributed by atoms with Crippen LogP contribution in [0.25, 0.3) is 11.0 Å². The zero-order valence-electron chi connectivity index (χ0n) is 14.7. The molecule has 0 spiro atoms. The van der Waals surface area contributed by atoms with Crippen molar-refractivity contribution >= 4 is 44.7 Å². The fourth-order valence-corrected chi connectivity index (χ4v) is 4.34. The average Bonchev–Trinajstić information content (AvgIpc) is 3.15. The van der Waals surface area contributed by atoms with Gasteiger partial charge in [0.25, 0.3) is 0 Å². The Morgan fingerprint density at radius 1 is 1.14 bits per heavy atom. The van der Waals surface area contributed by atoms with E-state index in [1.54, 1.807) is 24.3 Å². The molecule has 3 aromatic rings. The number of nitrogens with one attached hydrogen (secondary N) is 1. The largest absolute Gasteiger partial charge is 0.478 e. The number of rotatable bonds is 7. The lowest BCUT2D eigenvalue weighted by molar-refractivity contribution is -0.121. The highest BCUT2D eigenvalue weighted by molar-refractivity contribution is 7.89. The van der Waals surface area contributed by atoms with Gasteiger partial charge in [0.15, 0.2) is 0 Å². The van der Waals surface area contributed by atoms with Crippen LogP contribution in [0, 0.1) is 0 Å². The molecule has 2 N–H and O–H groups in total. The van der Waals surface area contributed by atoms with Crippen LogP contribution in [0.1, 0.15) is 15.9 Å². The number of hydrogen-bond donors (Lipinski definition) is 2. The Hall–Kier alpha value is -2.89. The molecule has 0 aliphatic rings. The molecule has 0 atom stereocenters. The minimum Gasteiger partial charge on any atom is -0.478 e. The van der Waals surface area contributed by atoms with Crippen LogP contribution in [0.3, 0.4) is 0 Å². The smallest absolute Gasteiger partial charge is 0.335 e. The van der Waals surface area contributed by atoms with E-state index >= 15 is 0 Å². The van der Waals surface area contributed by atoms with E-state index in [1.165, 1.54) is 25.2 Å². The Morgan fingerprint density at radius 3 is 2.54 bits per heavy atom. The number of amides is 1. The summed E-state index contributed by atoms with van der Waals surface area (Å²) in [6, 6.07) is 10.7. The summed E-state index contributed by atoms with van der Waals surface area (Å²) in [7, 11) is -2.60.